The molecule has 0 saturated carbocycles. The van der Waals surface area contributed by atoms with Crippen LogP contribution in [0, 0.1) is 11.6 Å². The Hall–Kier alpha value is -3.20. The first-order valence-electron chi connectivity index (χ1n) is 10.8. The molecule has 3 aromatic rings. The maximum absolute atomic E-state index is 15.0. The standard InChI is InChI=1S/C23H23F2N5O2/c1-29-3-2-12-4-13(8-26-22(12)29)23(31)28-16-6-17-19(32-11-16)7-18(21(25)20(17)24)30-9-14-5-15(10-30)27-14/h2-4,7-8,14-16,27H,5-6,9-11H2,1H3,(H,28,31)/t14?,15?,16-/m1/s1. The number of piperidine rings is 1. The van der Waals surface area contributed by atoms with Crippen LogP contribution in [0.25, 0.3) is 11.0 Å². The summed E-state index contributed by atoms with van der Waals surface area (Å²) in [6, 6.07) is 5.45. The van der Waals surface area contributed by atoms with Gasteiger partial charge in [-0.05, 0) is 18.6 Å². The summed E-state index contributed by atoms with van der Waals surface area (Å²) in [6.45, 7) is 1.51. The summed E-state index contributed by atoms with van der Waals surface area (Å²) in [6.07, 6.45) is 4.63. The molecule has 2 bridgehead atoms. The number of hydrogen-bond acceptors (Lipinski definition) is 5. The Balaban J connectivity index is 1.20. The highest BCUT2D eigenvalue weighted by atomic mass is 19.2. The fourth-order valence-electron chi connectivity index (χ4n) is 5.02. The van der Waals surface area contributed by atoms with Gasteiger partial charge in [0.05, 0.1) is 17.3 Å². The number of benzene rings is 1. The third-order valence-corrected chi connectivity index (χ3v) is 6.71. The van der Waals surface area contributed by atoms with Crippen molar-refractivity contribution in [1.29, 1.82) is 0 Å². The van der Waals surface area contributed by atoms with Crippen molar-refractivity contribution in [3.8, 4) is 5.75 Å². The zero-order valence-electron chi connectivity index (χ0n) is 17.6. The SMILES string of the molecule is Cn1ccc2cc(C(=O)N[C@H]3COc4cc(N5CC6CC(C5)N6)c(F)c(F)c4C3)cnc21. The summed E-state index contributed by atoms with van der Waals surface area (Å²) in [5.74, 6) is -1.71. The number of carbonyl (C=O) groups excluding carboxylic acids is 1. The molecule has 2 unspecified atom stereocenters. The number of fused-ring (bicyclic) bond motifs is 4. The summed E-state index contributed by atoms with van der Waals surface area (Å²) in [4.78, 5) is 18.9. The number of amides is 1. The van der Waals surface area contributed by atoms with E-state index in [0.29, 0.717) is 36.5 Å². The molecule has 0 radical (unpaired) electrons. The minimum absolute atomic E-state index is 0.165. The van der Waals surface area contributed by atoms with E-state index in [2.05, 4.69) is 15.6 Å². The van der Waals surface area contributed by atoms with Crippen LogP contribution in [-0.4, -0.2) is 53.3 Å². The van der Waals surface area contributed by atoms with Gasteiger partial charge in [-0.2, -0.15) is 0 Å². The molecule has 32 heavy (non-hydrogen) atoms. The van der Waals surface area contributed by atoms with Crippen LogP contribution in [0.3, 0.4) is 0 Å². The highest BCUT2D eigenvalue weighted by molar-refractivity contribution is 5.97. The molecule has 7 nitrogen and oxygen atoms in total. The molecule has 2 aromatic heterocycles. The molecule has 2 N–H and O–H groups in total. The van der Waals surface area contributed by atoms with Crippen molar-refractivity contribution in [3.63, 3.8) is 0 Å². The molecule has 9 heteroatoms. The number of carbonyl (C=O) groups is 1. The summed E-state index contributed by atoms with van der Waals surface area (Å²) >= 11 is 0. The maximum Gasteiger partial charge on any atom is 0.253 e. The molecule has 3 atom stereocenters. The number of nitrogens with one attached hydrogen (secondary N) is 2. The fourth-order valence-corrected chi connectivity index (χ4v) is 5.02. The van der Waals surface area contributed by atoms with Gasteiger partial charge in [0, 0.05) is 68.1 Å². The number of nitrogens with zero attached hydrogens (tertiary/aromatic N) is 3. The van der Waals surface area contributed by atoms with E-state index in [9.17, 15) is 13.6 Å². The molecule has 0 spiro atoms. The first-order valence-corrected chi connectivity index (χ1v) is 10.8. The number of pyridine rings is 1. The second-order valence-electron chi connectivity index (χ2n) is 8.95. The molecular formula is C23H23F2N5O2. The number of piperazine rings is 1. The second kappa shape index (κ2) is 7.16. The monoisotopic (exact) mass is 439 g/mol. The predicted molar refractivity (Wildman–Crippen MR) is 115 cm³/mol. The third kappa shape index (κ3) is 3.10. The average Bonchev–Trinajstić information content (AvgIpc) is 3.16. The van der Waals surface area contributed by atoms with Crippen LogP contribution in [0.15, 0.2) is 30.6 Å². The van der Waals surface area contributed by atoms with Crippen molar-refractivity contribution in [1.82, 2.24) is 20.2 Å². The lowest BCUT2D eigenvalue weighted by molar-refractivity contribution is 0.0914. The topological polar surface area (TPSA) is 71.4 Å². The van der Waals surface area contributed by atoms with Crippen molar-refractivity contribution in [2.24, 2.45) is 7.05 Å². The van der Waals surface area contributed by atoms with E-state index in [1.807, 2.05) is 28.8 Å². The smallest absolute Gasteiger partial charge is 0.253 e. The highest BCUT2D eigenvalue weighted by Crippen LogP contribution is 2.37. The van der Waals surface area contributed by atoms with E-state index in [4.69, 9.17) is 4.74 Å². The van der Waals surface area contributed by atoms with Crippen LogP contribution >= 0.6 is 0 Å². The van der Waals surface area contributed by atoms with Crippen molar-refractivity contribution >= 4 is 22.6 Å². The van der Waals surface area contributed by atoms with Crippen LogP contribution in [0.2, 0.25) is 0 Å². The number of anilines is 1. The molecule has 6 heterocycles. The van der Waals surface area contributed by atoms with Gasteiger partial charge >= 0.3 is 0 Å². The van der Waals surface area contributed by atoms with Crippen LogP contribution in [-0.2, 0) is 13.5 Å². The van der Waals surface area contributed by atoms with Gasteiger partial charge < -0.3 is 24.8 Å². The molecule has 0 aliphatic carbocycles. The van der Waals surface area contributed by atoms with Crippen molar-refractivity contribution in [2.75, 3.05) is 24.6 Å². The number of aromatic nitrogens is 2. The van der Waals surface area contributed by atoms with E-state index in [1.165, 1.54) is 6.20 Å². The molecule has 3 fully saturated rings. The Morgan fingerprint density at radius 2 is 2.03 bits per heavy atom. The minimum atomic E-state index is -0.893. The van der Waals surface area contributed by atoms with E-state index >= 15 is 0 Å². The first kappa shape index (κ1) is 19.5. The summed E-state index contributed by atoms with van der Waals surface area (Å²) in [5, 5.41) is 7.11. The van der Waals surface area contributed by atoms with Crippen LogP contribution in [0.1, 0.15) is 22.3 Å². The lowest BCUT2D eigenvalue weighted by atomic mass is 9.90. The molecule has 4 aliphatic rings. The van der Waals surface area contributed by atoms with Crippen LogP contribution in [0.4, 0.5) is 14.5 Å². The van der Waals surface area contributed by atoms with Gasteiger partial charge in [-0.3, -0.25) is 4.79 Å². The van der Waals surface area contributed by atoms with E-state index in [-0.39, 0.29) is 30.2 Å². The lowest BCUT2D eigenvalue weighted by Crippen LogP contribution is -2.67. The number of halogens is 2. The summed E-state index contributed by atoms with van der Waals surface area (Å²) in [5.41, 5.74) is 1.61. The van der Waals surface area contributed by atoms with Gasteiger partial charge in [0.2, 0.25) is 0 Å². The van der Waals surface area contributed by atoms with E-state index < -0.39 is 17.7 Å². The van der Waals surface area contributed by atoms with E-state index in [0.717, 1.165) is 17.5 Å². The second-order valence-corrected chi connectivity index (χ2v) is 8.95. The zero-order chi connectivity index (χ0) is 22.0. The Morgan fingerprint density at radius 3 is 2.81 bits per heavy atom. The van der Waals surface area contributed by atoms with Gasteiger partial charge in [0.25, 0.3) is 5.91 Å². The predicted octanol–water partition coefficient (Wildman–Crippen LogP) is 2.14. The summed E-state index contributed by atoms with van der Waals surface area (Å²) < 4.78 is 37.6. The first-order chi connectivity index (χ1) is 15.5. The Kier molecular flexibility index (Phi) is 4.36. The van der Waals surface area contributed by atoms with Gasteiger partial charge in [-0.1, -0.05) is 0 Å². The molecule has 7 rings (SSSR count). The van der Waals surface area contributed by atoms with E-state index in [1.54, 1.807) is 12.1 Å². The Labute approximate surface area is 183 Å². The van der Waals surface area contributed by atoms with Gasteiger partial charge in [0.15, 0.2) is 11.6 Å². The number of aryl methyl sites for hydroxylation is 1. The largest absolute Gasteiger partial charge is 0.491 e. The Morgan fingerprint density at radius 1 is 1.25 bits per heavy atom. The van der Waals surface area contributed by atoms with Crippen molar-refractivity contribution in [3.05, 3.63) is 53.4 Å². The maximum atomic E-state index is 15.0. The normalized spacial score (nSPS) is 24.0. The van der Waals surface area contributed by atoms with Gasteiger partial charge in [-0.15, -0.1) is 0 Å². The Bertz CT molecular complexity index is 1230. The molecule has 166 valence electrons. The molecular weight excluding hydrogens is 416 g/mol. The minimum Gasteiger partial charge on any atom is -0.491 e. The van der Waals surface area contributed by atoms with Crippen LogP contribution < -0.4 is 20.3 Å². The average molecular weight is 439 g/mol. The molecule has 3 saturated heterocycles. The van der Waals surface area contributed by atoms with Gasteiger partial charge in [-0.25, -0.2) is 13.8 Å². The number of ether oxygens (including phenoxy) is 1. The lowest BCUT2D eigenvalue weighted by Gasteiger charge is -2.49. The fraction of sp³-hybridized carbons (Fsp3) is 0.391. The zero-order valence-corrected chi connectivity index (χ0v) is 17.6. The molecule has 1 aromatic carbocycles. The third-order valence-electron chi connectivity index (χ3n) is 6.71. The van der Waals surface area contributed by atoms with Crippen molar-refractivity contribution < 1.29 is 18.3 Å². The summed E-state index contributed by atoms with van der Waals surface area (Å²) in [7, 11) is 1.88. The quantitative estimate of drug-likeness (QED) is 0.655. The van der Waals surface area contributed by atoms with Crippen LogP contribution in [0.5, 0.6) is 5.75 Å². The molecule has 4 aliphatic heterocycles. The number of hydrogen-bond donors (Lipinski definition) is 2. The van der Waals surface area contributed by atoms with Crippen molar-refractivity contribution in [2.45, 2.75) is 31.0 Å². The van der Waals surface area contributed by atoms with Gasteiger partial charge in [0.1, 0.15) is 18.0 Å². The number of rotatable bonds is 3. The molecule has 1 amide bonds. The highest BCUT2D eigenvalue weighted by Gasteiger charge is 2.38.